The molecule has 2 rings (SSSR count). The van der Waals surface area contributed by atoms with Crippen LogP contribution in [0.2, 0.25) is 0 Å². The number of amides is 1. The van der Waals surface area contributed by atoms with Gasteiger partial charge in [0.05, 0.1) is 0 Å². The van der Waals surface area contributed by atoms with Crippen LogP contribution in [0, 0.1) is 23.5 Å². The van der Waals surface area contributed by atoms with Crippen LogP contribution in [-0.4, -0.2) is 23.5 Å². The average Bonchev–Trinajstić information content (AvgIpc) is 2.34. The van der Waals surface area contributed by atoms with Gasteiger partial charge in [0.25, 0.3) is 11.9 Å². The molecule has 1 aliphatic rings. The molecule has 1 aromatic rings. The lowest BCUT2D eigenvalue weighted by atomic mass is 10.1. The molecule has 0 radical (unpaired) electrons. The van der Waals surface area contributed by atoms with E-state index in [-0.39, 0.29) is 0 Å². The molecule has 18 heavy (non-hydrogen) atoms. The highest BCUT2D eigenvalue weighted by atomic mass is 19.2. The lowest BCUT2D eigenvalue weighted by molar-refractivity contribution is -0.123. The minimum absolute atomic E-state index is 0.316. The van der Waals surface area contributed by atoms with E-state index in [4.69, 9.17) is 0 Å². The Morgan fingerprint density at radius 2 is 1.78 bits per heavy atom. The van der Waals surface area contributed by atoms with E-state index in [1.165, 1.54) is 0 Å². The molecular weight excluding hydrogens is 254 g/mol. The molecule has 1 saturated heterocycles. The third kappa shape index (κ3) is 2.22. The predicted molar refractivity (Wildman–Crippen MR) is 53.7 cm³/mol. The molecule has 8 heteroatoms. The number of anilines is 1. The summed E-state index contributed by atoms with van der Waals surface area (Å²) in [6, 6.07) is -0.927. The number of halogens is 4. The minimum atomic E-state index is -1.76. The number of rotatable bonds is 2. The number of nitrogens with zero attached hydrogens (tertiary/aromatic N) is 1. The summed E-state index contributed by atoms with van der Waals surface area (Å²) in [4.78, 5) is 13.8. The van der Waals surface area contributed by atoms with Crippen LogP contribution in [0.3, 0.4) is 0 Å². The molecule has 1 aliphatic heterocycles. The van der Waals surface area contributed by atoms with Crippen LogP contribution in [-0.2, 0) is 4.79 Å². The zero-order valence-electron chi connectivity index (χ0n) is 9.07. The summed E-state index contributed by atoms with van der Waals surface area (Å²) in [5, 5.41) is 4.64. The highest BCUT2D eigenvalue weighted by Gasteiger charge is 2.27. The van der Waals surface area contributed by atoms with Crippen molar-refractivity contribution in [2.45, 2.75) is 18.9 Å². The summed E-state index contributed by atoms with van der Waals surface area (Å²) in [5.74, 6) is -7.28. The van der Waals surface area contributed by atoms with E-state index in [1.807, 2.05) is 0 Å². The summed E-state index contributed by atoms with van der Waals surface area (Å²) < 4.78 is 52.2. The second-order valence-corrected chi connectivity index (χ2v) is 3.83. The van der Waals surface area contributed by atoms with E-state index >= 15 is 0 Å². The molecule has 0 spiro atoms. The Bertz CT molecular complexity index is 468. The molecule has 1 unspecified atom stereocenters. The fourth-order valence-corrected chi connectivity index (χ4v) is 1.70. The summed E-state index contributed by atoms with van der Waals surface area (Å²) in [6.07, 6.45) is 0.916. The van der Waals surface area contributed by atoms with E-state index in [0.29, 0.717) is 19.4 Å². The Morgan fingerprint density at radius 3 is 2.33 bits per heavy atom. The van der Waals surface area contributed by atoms with Gasteiger partial charge in [-0.3, -0.25) is 4.79 Å². The van der Waals surface area contributed by atoms with E-state index in [0.717, 1.165) is 0 Å². The van der Waals surface area contributed by atoms with Crippen LogP contribution < -0.4 is 10.6 Å². The Morgan fingerprint density at radius 1 is 1.17 bits per heavy atom. The van der Waals surface area contributed by atoms with Gasteiger partial charge in [-0.2, -0.15) is 22.5 Å². The number of hydrogen-bond donors (Lipinski definition) is 2. The lowest BCUT2D eigenvalue weighted by Crippen LogP contribution is -2.44. The average molecular weight is 263 g/mol. The summed E-state index contributed by atoms with van der Waals surface area (Å²) in [5.41, 5.74) is -1.01. The SMILES string of the molecule is O=C1NCCCC1Nc1c(F)c(F)nc(F)c1F. The summed E-state index contributed by atoms with van der Waals surface area (Å²) >= 11 is 0. The molecule has 0 bridgehead atoms. The third-order valence-corrected chi connectivity index (χ3v) is 2.60. The first kappa shape index (κ1) is 12.6. The maximum Gasteiger partial charge on any atom is 0.253 e. The Hall–Kier alpha value is -1.86. The number of carbonyl (C=O) groups excluding carboxylic acids is 1. The maximum absolute atomic E-state index is 13.3. The van der Waals surface area contributed by atoms with Crippen molar-refractivity contribution in [2.75, 3.05) is 11.9 Å². The first-order chi connectivity index (χ1) is 8.50. The monoisotopic (exact) mass is 263 g/mol. The lowest BCUT2D eigenvalue weighted by Gasteiger charge is -2.24. The number of pyridine rings is 1. The van der Waals surface area contributed by atoms with Crippen molar-refractivity contribution >= 4 is 11.6 Å². The van der Waals surface area contributed by atoms with Gasteiger partial charge in [-0.05, 0) is 12.8 Å². The maximum atomic E-state index is 13.3. The van der Waals surface area contributed by atoms with Crippen molar-refractivity contribution in [1.29, 1.82) is 0 Å². The van der Waals surface area contributed by atoms with Crippen molar-refractivity contribution < 1.29 is 22.4 Å². The van der Waals surface area contributed by atoms with Crippen molar-refractivity contribution in [1.82, 2.24) is 10.3 Å². The highest BCUT2D eigenvalue weighted by molar-refractivity contribution is 5.85. The molecule has 1 aromatic heterocycles. The van der Waals surface area contributed by atoms with Gasteiger partial charge in [-0.1, -0.05) is 0 Å². The first-order valence-corrected chi connectivity index (χ1v) is 5.25. The van der Waals surface area contributed by atoms with Crippen molar-refractivity contribution in [3.63, 3.8) is 0 Å². The third-order valence-electron chi connectivity index (χ3n) is 2.60. The predicted octanol–water partition coefficient (Wildman–Crippen LogP) is 1.33. The van der Waals surface area contributed by atoms with Crippen LogP contribution in [0.1, 0.15) is 12.8 Å². The first-order valence-electron chi connectivity index (χ1n) is 5.25. The van der Waals surface area contributed by atoms with Crippen LogP contribution in [0.5, 0.6) is 0 Å². The van der Waals surface area contributed by atoms with E-state index in [1.54, 1.807) is 0 Å². The normalized spacial score (nSPS) is 19.6. The van der Waals surface area contributed by atoms with Gasteiger partial charge in [0.15, 0.2) is 0 Å². The van der Waals surface area contributed by atoms with Gasteiger partial charge < -0.3 is 10.6 Å². The second kappa shape index (κ2) is 4.79. The molecule has 98 valence electrons. The standard InChI is InChI=1S/C10H9F4N3O/c11-5-7(6(12)9(14)17-8(5)13)16-4-2-1-3-15-10(4)18/h4H,1-3H2,(H,15,18)(H,16,17). The minimum Gasteiger partial charge on any atom is -0.369 e. The topological polar surface area (TPSA) is 54.0 Å². The van der Waals surface area contributed by atoms with Gasteiger partial charge in [0.2, 0.25) is 17.5 Å². The number of nitrogens with one attached hydrogen (secondary N) is 2. The number of aromatic nitrogens is 1. The summed E-state index contributed by atoms with van der Waals surface area (Å²) in [6.45, 7) is 0.459. The Labute approximate surface area is 99.4 Å². The zero-order valence-corrected chi connectivity index (χ0v) is 9.07. The fourth-order valence-electron chi connectivity index (χ4n) is 1.70. The quantitative estimate of drug-likeness (QED) is 0.625. The van der Waals surface area contributed by atoms with Crippen molar-refractivity contribution in [3.8, 4) is 0 Å². The highest BCUT2D eigenvalue weighted by Crippen LogP contribution is 2.24. The van der Waals surface area contributed by atoms with E-state index in [2.05, 4.69) is 15.6 Å². The van der Waals surface area contributed by atoms with Gasteiger partial charge in [-0.15, -0.1) is 0 Å². The largest absolute Gasteiger partial charge is 0.369 e. The second-order valence-electron chi connectivity index (χ2n) is 3.83. The molecule has 2 heterocycles. The van der Waals surface area contributed by atoms with Crippen molar-refractivity contribution in [2.24, 2.45) is 0 Å². The zero-order chi connectivity index (χ0) is 13.3. The molecule has 0 aliphatic carbocycles. The fraction of sp³-hybridized carbons (Fsp3) is 0.400. The van der Waals surface area contributed by atoms with Crippen LogP contribution in [0.4, 0.5) is 23.2 Å². The van der Waals surface area contributed by atoms with Crippen LogP contribution >= 0.6 is 0 Å². The molecule has 0 aromatic carbocycles. The smallest absolute Gasteiger partial charge is 0.253 e. The number of carbonyl (C=O) groups is 1. The molecule has 1 amide bonds. The molecule has 4 nitrogen and oxygen atoms in total. The van der Waals surface area contributed by atoms with Gasteiger partial charge in [0, 0.05) is 6.54 Å². The van der Waals surface area contributed by atoms with Crippen molar-refractivity contribution in [3.05, 3.63) is 23.5 Å². The molecular formula is C10H9F4N3O. The molecule has 1 atom stereocenters. The van der Waals surface area contributed by atoms with E-state index in [9.17, 15) is 22.4 Å². The molecule has 0 saturated carbocycles. The van der Waals surface area contributed by atoms with Gasteiger partial charge in [0.1, 0.15) is 11.7 Å². The van der Waals surface area contributed by atoms with Gasteiger partial charge in [-0.25, -0.2) is 0 Å². The van der Waals surface area contributed by atoms with E-state index < -0.39 is 41.2 Å². The van der Waals surface area contributed by atoms with Gasteiger partial charge >= 0.3 is 0 Å². The molecule has 1 fully saturated rings. The Kier molecular flexibility index (Phi) is 3.35. The number of hydrogen-bond acceptors (Lipinski definition) is 3. The van der Waals surface area contributed by atoms with Crippen LogP contribution in [0.25, 0.3) is 0 Å². The summed E-state index contributed by atoms with van der Waals surface area (Å²) in [7, 11) is 0. The van der Waals surface area contributed by atoms with Crippen LogP contribution in [0.15, 0.2) is 0 Å². The Balaban J connectivity index is 2.30. The molecule has 2 N–H and O–H groups in total. The number of piperidine rings is 1.